The van der Waals surface area contributed by atoms with Crippen LogP contribution in [0, 0.1) is 11.3 Å². The molecule has 132 valence electrons. The maximum Gasteiger partial charge on any atom is 0.257 e. The number of hydrogen-bond donors (Lipinski definition) is 2. The summed E-state index contributed by atoms with van der Waals surface area (Å²) >= 11 is 5.19. The monoisotopic (exact) mass is 371 g/mol. The zero-order valence-electron chi connectivity index (χ0n) is 14.5. The fourth-order valence-electron chi connectivity index (χ4n) is 2.63. The minimum absolute atomic E-state index is 0.239. The number of nitriles is 1. The van der Waals surface area contributed by atoms with Crippen molar-refractivity contribution in [3.05, 3.63) is 95.6 Å². The van der Waals surface area contributed by atoms with Gasteiger partial charge in [-0.15, -0.1) is 0 Å². The van der Waals surface area contributed by atoms with E-state index in [-0.39, 0.29) is 11.0 Å². The molecular formula is C22H17N3OS. The summed E-state index contributed by atoms with van der Waals surface area (Å²) in [5.74, 6) is -0.239. The summed E-state index contributed by atoms with van der Waals surface area (Å²) in [6.07, 6.45) is 0. The average molecular weight is 371 g/mol. The summed E-state index contributed by atoms with van der Waals surface area (Å²) in [6.45, 7) is 0.494. The molecule has 0 fully saturated rings. The summed E-state index contributed by atoms with van der Waals surface area (Å²) in [7, 11) is 0. The molecule has 0 heterocycles. The van der Waals surface area contributed by atoms with Crippen molar-refractivity contribution in [3.63, 3.8) is 0 Å². The Kier molecular flexibility index (Phi) is 5.93. The van der Waals surface area contributed by atoms with E-state index in [1.54, 1.807) is 30.3 Å². The number of thiocarbonyl (C=S) groups is 1. The highest BCUT2D eigenvalue weighted by Crippen LogP contribution is 2.23. The molecule has 3 aromatic rings. The molecule has 0 saturated carbocycles. The van der Waals surface area contributed by atoms with Crippen molar-refractivity contribution in [2.75, 3.05) is 0 Å². The van der Waals surface area contributed by atoms with E-state index in [1.165, 1.54) is 0 Å². The molecule has 0 aliphatic carbocycles. The summed E-state index contributed by atoms with van der Waals surface area (Å²) < 4.78 is 0. The molecule has 0 spiro atoms. The van der Waals surface area contributed by atoms with Crippen molar-refractivity contribution in [1.82, 2.24) is 10.6 Å². The highest BCUT2D eigenvalue weighted by Gasteiger charge is 2.07. The minimum atomic E-state index is -0.239. The van der Waals surface area contributed by atoms with Gasteiger partial charge in [0.1, 0.15) is 0 Å². The van der Waals surface area contributed by atoms with E-state index in [9.17, 15) is 10.1 Å². The molecule has 0 atom stereocenters. The Hall–Kier alpha value is -3.49. The Morgan fingerprint density at radius 3 is 2.30 bits per heavy atom. The Bertz CT molecular complexity index is 992. The van der Waals surface area contributed by atoms with Gasteiger partial charge in [-0.3, -0.25) is 10.1 Å². The van der Waals surface area contributed by atoms with Gasteiger partial charge in [0.2, 0.25) is 0 Å². The average Bonchev–Trinajstić information content (AvgIpc) is 2.73. The second-order valence-electron chi connectivity index (χ2n) is 5.86. The number of benzene rings is 3. The van der Waals surface area contributed by atoms with E-state index in [0.29, 0.717) is 17.7 Å². The second kappa shape index (κ2) is 8.75. The van der Waals surface area contributed by atoms with Crippen LogP contribution in [0.5, 0.6) is 0 Å². The maximum atomic E-state index is 12.1. The van der Waals surface area contributed by atoms with Gasteiger partial charge in [0.15, 0.2) is 5.11 Å². The van der Waals surface area contributed by atoms with Gasteiger partial charge < -0.3 is 5.32 Å². The standard InChI is InChI=1S/C22H17N3OS/c23-14-19-8-4-5-9-20(19)17-12-10-16(11-13-17)15-24-22(27)25-21(26)18-6-2-1-3-7-18/h1-13H,15H2,(H2,24,25,26,27). The van der Waals surface area contributed by atoms with Crippen LogP contribution in [0.3, 0.4) is 0 Å². The smallest absolute Gasteiger partial charge is 0.257 e. The highest BCUT2D eigenvalue weighted by molar-refractivity contribution is 7.80. The van der Waals surface area contributed by atoms with Gasteiger partial charge >= 0.3 is 0 Å². The third kappa shape index (κ3) is 4.78. The first kappa shape index (κ1) is 18.3. The van der Waals surface area contributed by atoms with Crippen molar-refractivity contribution in [3.8, 4) is 17.2 Å². The van der Waals surface area contributed by atoms with E-state index in [0.717, 1.165) is 16.7 Å². The fourth-order valence-corrected chi connectivity index (χ4v) is 2.79. The van der Waals surface area contributed by atoms with Crippen molar-refractivity contribution < 1.29 is 4.79 Å². The molecule has 4 nitrogen and oxygen atoms in total. The van der Waals surface area contributed by atoms with E-state index < -0.39 is 0 Å². The predicted molar refractivity (Wildman–Crippen MR) is 110 cm³/mol. The quantitative estimate of drug-likeness (QED) is 0.680. The molecule has 0 radical (unpaired) electrons. The molecule has 5 heteroatoms. The van der Waals surface area contributed by atoms with Crippen LogP contribution >= 0.6 is 12.2 Å². The van der Waals surface area contributed by atoms with Crippen LogP contribution in [0.1, 0.15) is 21.5 Å². The molecule has 3 aromatic carbocycles. The third-order valence-electron chi connectivity index (χ3n) is 4.03. The van der Waals surface area contributed by atoms with Crippen LogP contribution in [0.15, 0.2) is 78.9 Å². The molecule has 0 saturated heterocycles. The number of amides is 1. The van der Waals surface area contributed by atoms with Crippen LogP contribution in [-0.4, -0.2) is 11.0 Å². The maximum absolute atomic E-state index is 12.1. The minimum Gasteiger partial charge on any atom is -0.358 e. The Labute approximate surface area is 163 Å². The Balaban J connectivity index is 1.58. The summed E-state index contributed by atoms with van der Waals surface area (Å²) in [4.78, 5) is 12.1. The van der Waals surface area contributed by atoms with Crippen LogP contribution in [-0.2, 0) is 6.54 Å². The van der Waals surface area contributed by atoms with Gasteiger partial charge in [0.05, 0.1) is 11.6 Å². The number of rotatable bonds is 4. The summed E-state index contributed by atoms with van der Waals surface area (Å²) in [6, 6.07) is 26.5. The molecule has 0 aliphatic rings. The molecule has 2 N–H and O–H groups in total. The third-order valence-corrected chi connectivity index (χ3v) is 4.27. The van der Waals surface area contributed by atoms with Crippen LogP contribution < -0.4 is 10.6 Å². The molecule has 3 rings (SSSR count). The first-order chi connectivity index (χ1) is 13.2. The zero-order valence-corrected chi connectivity index (χ0v) is 15.3. The van der Waals surface area contributed by atoms with Crippen molar-refractivity contribution in [1.29, 1.82) is 5.26 Å². The molecule has 0 aliphatic heterocycles. The van der Waals surface area contributed by atoms with Gasteiger partial charge in [-0.25, -0.2) is 0 Å². The topological polar surface area (TPSA) is 64.9 Å². The molecule has 27 heavy (non-hydrogen) atoms. The van der Waals surface area contributed by atoms with Gasteiger partial charge in [0, 0.05) is 12.1 Å². The Morgan fingerprint density at radius 1 is 0.926 bits per heavy atom. The van der Waals surface area contributed by atoms with Crippen LogP contribution in [0.2, 0.25) is 0 Å². The molecule has 1 amide bonds. The van der Waals surface area contributed by atoms with E-state index in [4.69, 9.17) is 12.2 Å². The van der Waals surface area contributed by atoms with Crippen LogP contribution in [0.4, 0.5) is 0 Å². The van der Waals surface area contributed by atoms with Crippen LogP contribution in [0.25, 0.3) is 11.1 Å². The second-order valence-corrected chi connectivity index (χ2v) is 6.27. The number of nitrogens with one attached hydrogen (secondary N) is 2. The number of carbonyl (C=O) groups is 1. The largest absolute Gasteiger partial charge is 0.358 e. The highest BCUT2D eigenvalue weighted by atomic mass is 32.1. The van der Waals surface area contributed by atoms with E-state index >= 15 is 0 Å². The van der Waals surface area contributed by atoms with Crippen molar-refractivity contribution >= 4 is 23.2 Å². The SMILES string of the molecule is N#Cc1ccccc1-c1ccc(CNC(=S)NC(=O)c2ccccc2)cc1. The van der Waals surface area contributed by atoms with E-state index in [2.05, 4.69) is 16.7 Å². The van der Waals surface area contributed by atoms with Crippen molar-refractivity contribution in [2.24, 2.45) is 0 Å². The molecule has 0 aromatic heterocycles. The Morgan fingerprint density at radius 2 is 1.59 bits per heavy atom. The lowest BCUT2D eigenvalue weighted by atomic mass is 9.99. The first-order valence-electron chi connectivity index (χ1n) is 8.40. The lowest BCUT2D eigenvalue weighted by Crippen LogP contribution is -2.38. The lowest BCUT2D eigenvalue weighted by Gasteiger charge is -2.10. The number of nitrogens with zero attached hydrogens (tertiary/aromatic N) is 1. The molecule has 0 bridgehead atoms. The molecular weight excluding hydrogens is 354 g/mol. The zero-order chi connectivity index (χ0) is 19.1. The summed E-state index contributed by atoms with van der Waals surface area (Å²) in [5.41, 5.74) is 4.11. The summed E-state index contributed by atoms with van der Waals surface area (Å²) in [5, 5.41) is 15.2. The van der Waals surface area contributed by atoms with Gasteiger partial charge in [-0.05, 0) is 47.1 Å². The molecule has 0 unspecified atom stereocenters. The predicted octanol–water partition coefficient (Wildman–Crippen LogP) is 4.03. The van der Waals surface area contributed by atoms with Gasteiger partial charge in [0.25, 0.3) is 5.91 Å². The lowest BCUT2D eigenvalue weighted by molar-refractivity contribution is 0.0976. The van der Waals surface area contributed by atoms with Gasteiger partial charge in [-0.2, -0.15) is 5.26 Å². The van der Waals surface area contributed by atoms with E-state index in [1.807, 2.05) is 48.5 Å². The fraction of sp³-hybridized carbons (Fsp3) is 0.0455. The number of carbonyl (C=O) groups excluding carboxylic acids is 1. The van der Waals surface area contributed by atoms with Gasteiger partial charge in [-0.1, -0.05) is 60.7 Å². The normalized spacial score (nSPS) is 9.89. The number of hydrogen-bond acceptors (Lipinski definition) is 3. The van der Waals surface area contributed by atoms with Crippen molar-refractivity contribution in [2.45, 2.75) is 6.54 Å². The first-order valence-corrected chi connectivity index (χ1v) is 8.81.